The molecule has 0 aliphatic carbocycles. The van der Waals surface area contributed by atoms with E-state index in [-0.39, 0.29) is 13.1 Å². The number of benzene rings is 2. The van der Waals surface area contributed by atoms with Crippen molar-refractivity contribution in [3.63, 3.8) is 0 Å². The third-order valence-electron chi connectivity index (χ3n) is 3.33. The molecule has 2 aromatic carbocycles. The number of carbonyl (C=O) groups is 1. The summed E-state index contributed by atoms with van der Waals surface area (Å²) < 4.78 is 10.5. The summed E-state index contributed by atoms with van der Waals surface area (Å²) in [5.41, 5.74) is 1.64. The van der Waals surface area contributed by atoms with E-state index in [1.165, 1.54) is 5.01 Å². The lowest BCUT2D eigenvalue weighted by Crippen LogP contribution is -2.32. The highest BCUT2D eigenvalue weighted by atomic mass is 16.5. The van der Waals surface area contributed by atoms with Gasteiger partial charge in [0.05, 0.1) is 24.1 Å². The van der Waals surface area contributed by atoms with Gasteiger partial charge in [-0.15, -0.1) is 4.91 Å². The van der Waals surface area contributed by atoms with Crippen LogP contribution in [0.3, 0.4) is 0 Å². The molecule has 7 heteroatoms. The Kier molecular flexibility index (Phi) is 7.24. The Morgan fingerprint density at radius 3 is 2.68 bits per heavy atom. The zero-order chi connectivity index (χ0) is 17.9. The molecule has 0 fully saturated rings. The first-order valence-electron chi connectivity index (χ1n) is 8.01. The number of amides is 1. The quantitative estimate of drug-likeness (QED) is 0.557. The summed E-state index contributed by atoms with van der Waals surface area (Å²) in [4.78, 5) is 22.3. The number of nitrogens with one attached hydrogen (secondary N) is 1. The molecule has 7 nitrogen and oxygen atoms in total. The zero-order valence-electron chi connectivity index (χ0n) is 14.1. The number of rotatable bonds is 9. The minimum absolute atomic E-state index is 0.227. The van der Waals surface area contributed by atoms with Crippen molar-refractivity contribution in [3.05, 3.63) is 65.1 Å². The fourth-order valence-corrected chi connectivity index (χ4v) is 2.14. The van der Waals surface area contributed by atoms with Crippen LogP contribution in [-0.2, 0) is 11.3 Å². The lowest BCUT2D eigenvalue weighted by molar-refractivity contribution is 0.152. The van der Waals surface area contributed by atoms with Crippen molar-refractivity contribution in [2.75, 3.05) is 24.7 Å². The average molecular weight is 343 g/mol. The molecule has 2 rings (SSSR count). The molecule has 2 aromatic rings. The summed E-state index contributed by atoms with van der Waals surface area (Å²) in [6, 6.07) is 16.9. The topological polar surface area (TPSA) is 80.2 Å². The zero-order valence-corrected chi connectivity index (χ0v) is 14.1. The number of nitroso groups, excluding NO2 is 1. The monoisotopic (exact) mass is 343 g/mol. The Hall–Kier alpha value is -3.09. The SMILES string of the molecule is CCOC(=O)NCCN(N=O)c1cccc(OCc2ccccc2)c1. The number of alkyl carbamates (subject to hydrolysis) is 1. The van der Waals surface area contributed by atoms with Crippen molar-refractivity contribution >= 4 is 11.8 Å². The molecule has 25 heavy (non-hydrogen) atoms. The largest absolute Gasteiger partial charge is 0.489 e. The molecule has 0 atom stereocenters. The van der Waals surface area contributed by atoms with Gasteiger partial charge in [-0.05, 0) is 24.6 Å². The van der Waals surface area contributed by atoms with E-state index in [9.17, 15) is 9.70 Å². The number of ether oxygens (including phenoxy) is 2. The maximum atomic E-state index is 11.2. The van der Waals surface area contributed by atoms with Gasteiger partial charge in [-0.25, -0.2) is 9.80 Å². The minimum atomic E-state index is -0.520. The second-order valence-corrected chi connectivity index (χ2v) is 5.12. The van der Waals surface area contributed by atoms with Crippen LogP contribution < -0.4 is 15.1 Å². The number of carbonyl (C=O) groups excluding carboxylic acids is 1. The number of nitrogens with zero attached hydrogens (tertiary/aromatic N) is 2. The molecule has 0 saturated heterocycles. The van der Waals surface area contributed by atoms with Gasteiger partial charge in [0, 0.05) is 12.6 Å². The van der Waals surface area contributed by atoms with Gasteiger partial charge in [0.25, 0.3) is 0 Å². The Bertz CT molecular complexity index is 679. The molecule has 132 valence electrons. The smallest absolute Gasteiger partial charge is 0.407 e. The predicted molar refractivity (Wildman–Crippen MR) is 95.4 cm³/mol. The summed E-state index contributed by atoms with van der Waals surface area (Å²) in [6.45, 7) is 2.91. The Morgan fingerprint density at radius 1 is 1.16 bits per heavy atom. The lowest BCUT2D eigenvalue weighted by Gasteiger charge is -2.16. The summed E-state index contributed by atoms with van der Waals surface area (Å²) >= 11 is 0. The van der Waals surface area contributed by atoms with E-state index in [1.807, 2.05) is 36.4 Å². The van der Waals surface area contributed by atoms with Crippen LogP contribution >= 0.6 is 0 Å². The molecule has 0 aromatic heterocycles. The maximum absolute atomic E-state index is 11.2. The first kappa shape index (κ1) is 18.3. The standard InChI is InChI=1S/C18H21N3O4/c1-2-24-18(22)19-11-12-21(20-23)16-9-6-10-17(13-16)25-14-15-7-4-3-5-8-15/h3-10,13H,2,11-12,14H2,1H3,(H,19,22). The van der Waals surface area contributed by atoms with E-state index in [0.717, 1.165) is 5.56 Å². The van der Waals surface area contributed by atoms with E-state index in [2.05, 4.69) is 10.6 Å². The summed E-state index contributed by atoms with van der Waals surface area (Å²) in [7, 11) is 0. The Labute approximate surface area is 146 Å². The molecule has 1 N–H and O–H groups in total. The van der Waals surface area contributed by atoms with Crippen LogP contribution in [0.2, 0.25) is 0 Å². The Balaban J connectivity index is 1.91. The first-order chi connectivity index (χ1) is 12.2. The van der Waals surface area contributed by atoms with Gasteiger partial charge >= 0.3 is 6.09 Å². The fourth-order valence-electron chi connectivity index (χ4n) is 2.14. The molecule has 0 aliphatic rings. The highest BCUT2D eigenvalue weighted by Gasteiger charge is 2.09. The van der Waals surface area contributed by atoms with Crippen LogP contribution in [0.5, 0.6) is 5.75 Å². The van der Waals surface area contributed by atoms with E-state index in [0.29, 0.717) is 24.7 Å². The van der Waals surface area contributed by atoms with Crippen LogP contribution in [0.15, 0.2) is 59.9 Å². The highest BCUT2D eigenvalue weighted by molar-refractivity contribution is 5.67. The highest BCUT2D eigenvalue weighted by Crippen LogP contribution is 2.22. The van der Waals surface area contributed by atoms with Crippen molar-refractivity contribution in [2.24, 2.45) is 5.29 Å². The number of hydrogen-bond donors (Lipinski definition) is 1. The van der Waals surface area contributed by atoms with Crippen LogP contribution in [0.4, 0.5) is 10.5 Å². The molecule has 0 bridgehead atoms. The molecule has 0 spiro atoms. The Morgan fingerprint density at radius 2 is 1.96 bits per heavy atom. The molecule has 0 unspecified atom stereocenters. The normalized spacial score (nSPS) is 9.96. The van der Waals surface area contributed by atoms with Gasteiger partial charge in [-0.3, -0.25) is 0 Å². The summed E-state index contributed by atoms with van der Waals surface area (Å²) in [6.07, 6.45) is -0.520. The van der Waals surface area contributed by atoms with E-state index in [4.69, 9.17) is 9.47 Å². The van der Waals surface area contributed by atoms with Crippen LogP contribution in [0, 0.1) is 4.91 Å². The van der Waals surface area contributed by atoms with Crippen molar-refractivity contribution < 1.29 is 14.3 Å². The second-order valence-electron chi connectivity index (χ2n) is 5.12. The van der Waals surface area contributed by atoms with Crippen LogP contribution in [-0.4, -0.2) is 25.8 Å². The van der Waals surface area contributed by atoms with Crippen molar-refractivity contribution in [1.82, 2.24) is 5.32 Å². The van der Waals surface area contributed by atoms with Gasteiger partial charge in [-0.2, -0.15) is 0 Å². The maximum Gasteiger partial charge on any atom is 0.407 e. The average Bonchev–Trinajstić information content (AvgIpc) is 2.65. The van der Waals surface area contributed by atoms with E-state index < -0.39 is 6.09 Å². The minimum Gasteiger partial charge on any atom is -0.489 e. The summed E-state index contributed by atoms with van der Waals surface area (Å²) in [5.74, 6) is 0.633. The van der Waals surface area contributed by atoms with Crippen molar-refractivity contribution in [1.29, 1.82) is 0 Å². The van der Waals surface area contributed by atoms with E-state index in [1.54, 1.807) is 25.1 Å². The first-order valence-corrected chi connectivity index (χ1v) is 8.01. The third kappa shape index (κ3) is 6.14. The molecular formula is C18H21N3O4. The summed E-state index contributed by atoms with van der Waals surface area (Å²) in [5, 5.41) is 6.79. The molecule has 0 heterocycles. The molecule has 0 saturated carbocycles. The van der Waals surface area contributed by atoms with Crippen molar-refractivity contribution in [3.8, 4) is 5.75 Å². The van der Waals surface area contributed by atoms with Crippen LogP contribution in [0.25, 0.3) is 0 Å². The molecular weight excluding hydrogens is 322 g/mol. The van der Waals surface area contributed by atoms with Gasteiger partial charge < -0.3 is 14.8 Å². The molecule has 1 amide bonds. The number of anilines is 1. The molecule has 0 radical (unpaired) electrons. The number of hydrogen-bond acceptors (Lipinski definition) is 5. The fraction of sp³-hybridized carbons (Fsp3) is 0.278. The van der Waals surface area contributed by atoms with Crippen LogP contribution in [0.1, 0.15) is 12.5 Å². The van der Waals surface area contributed by atoms with Gasteiger partial charge in [0.2, 0.25) is 0 Å². The van der Waals surface area contributed by atoms with Gasteiger partial charge in [-0.1, -0.05) is 36.4 Å². The predicted octanol–water partition coefficient (Wildman–Crippen LogP) is 3.50. The van der Waals surface area contributed by atoms with Gasteiger partial charge in [0.1, 0.15) is 12.4 Å². The van der Waals surface area contributed by atoms with Crippen molar-refractivity contribution in [2.45, 2.75) is 13.5 Å². The lowest BCUT2D eigenvalue weighted by atomic mass is 10.2. The second kappa shape index (κ2) is 9.92. The van der Waals surface area contributed by atoms with E-state index >= 15 is 0 Å². The molecule has 0 aliphatic heterocycles. The third-order valence-corrected chi connectivity index (χ3v) is 3.33. The van der Waals surface area contributed by atoms with Gasteiger partial charge in [0.15, 0.2) is 0 Å².